The minimum Gasteiger partial charge on any atom is -0.481 e. The van der Waals surface area contributed by atoms with Gasteiger partial charge in [0.25, 0.3) is 5.91 Å². The molecule has 88 valence electrons. The van der Waals surface area contributed by atoms with Gasteiger partial charge in [-0.05, 0) is 13.8 Å². The third kappa shape index (κ3) is 3.08. The van der Waals surface area contributed by atoms with Gasteiger partial charge in [-0.15, -0.1) is 0 Å². The van der Waals surface area contributed by atoms with Crippen molar-refractivity contribution in [2.75, 3.05) is 0 Å². The Hall–Kier alpha value is -1.85. The highest BCUT2D eigenvalue weighted by molar-refractivity contribution is 5.93. The van der Waals surface area contributed by atoms with E-state index in [2.05, 4.69) is 10.3 Å². The molecule has 1 amide bonds. The lowest BCUT2D eigenvalue weighted by Crippen LogP contribution is -2.45. The topological polar surface area (TPSA) is 84.2 Å². The van der Waals surface area contributed by atoms with Crippen LogP contribution in [-0.2, 0) is 11.8 Å². The average Bonchev–Trinajstić information content (AvgIpc) is 2.47. The Morgan fingerprint density at radius 1 is 1.56 bits per heavy atom. The quantitative estimate of drug-likeness (QED) is 0.777. The van der Waals surface area contributed by atoms with E-state index in [1.807, 2.05) is 0 Å². The third-order valence-electron chi connectivity index (χ3n) is 2.09. The smallest absolute Gasteiger partial charge is 0.305 e. The van der Waals surface area contributed by atoms with Crippen LogP contribution in [0.2, 0.25) is 0 Å². The first-order chi connectivity index (χ1) is 7.32. The lowest BCUT2D eigenvalue weighted by molar-refractivity contribution is -0.138. The Labute approximate surface area is 93.3 Å². The minimum absolute atomic E-state index is 0.128. The number of rotatable bonds is 4. The monoisotopic (exact) mass is 225 g/mol. The van der Waals surface area contributed by atoms with Gasteiger partial charge >= 0.3 is 5.97 Å². The summed E-state index contributed by atoms with van der Waals surface area (Å²) in [6, 6.07) is 0. The van der Waals surface area contributed by atoms with Crippen LogP contribution in [0.5, 0.6) is 0 Å². The molecule has 0 bridgehead atoms. The minimum atomic E-state index is -0.949. The zero-order chi connectivity index (χ0) is 12.3. The lowest BCUT2D eigenvalue weighted by Gasteiger charge is -2.24. The van der Waals surface area contributed by atoms with Gasteiger partial charge in [0.1, 0.15) is 5.69 Å². The highest BCUT2D eigenvalue weighted by atomic mass is 16.4. The number of carbonyl (C=O) groups excluding carboxylic acids is 1. The van der Waals surface area contributed by atoms with E-state index in [4.69, 9.17) is 5.11 Å². The van der Waals surface area contributed by atoms with Crippen LogP contribution in [0.25, 0.3) is 0 Å². The summed E-state index contributed by atoms with van der Waals surface area (Å²) >= 11 is 0. The molecular formula is C10H15N3O3. The molecule has 0 aliphatic rings. The van der Waals surface area contributed by atoms with Crippen LogP contribution < -0.4 is 5.32 Å². The standard InChI is InChI=1S/C10H15N3O3/c1-10(2,4-8(14)15)12-9(16)7-5-11-6-13(7)3/h5-6H,4H2,1-3H3,(H,12,16)(H,14,15). The molecule has 6 heteroatoms. The predicted molar refractivity (Wildman–Crippen MR) is 57.0 cm³/mol. The summed E-state index contributed by atoms with van der Waals surface area (Å²) in [7, 11) is 1.70. The summed E-state index contributed by atoms with van der Waals surface area (Å²) in [6.45, 7) is 3.32. The van der Waals surface area contributed by atoms with Crippen molar-refractivity contribution in [3.05, 3.63) is 18.2 Å². The summed E-state index contributed by atoms with van der Waals surface area (Å²) < 4.78 is 1.58. The highest BCUT2D eigenvalue weighted by Gasteiger charge is 2.25. The van der Waals surface area contributed by atoms with Gasteiger partial charge in [-0.2, -0.15) is 0 Å². The number of aliphatic carboxylic acids is 1. The first-order valence-electron chi connectivity index (χ1n) is 4.82. The Morgan fingerprint density at radius 2 is 2.19 bits per heavy atom. The molecular weight excluding hydrogens is 210 g/mol. The van der Waals surface area contributed by atoms with Crippen LogP contribution in [0, 0.1) is 0 Å². The molecule has 6 nitrogen and oxygen atoms in total. The Balaban J connectivity index is 2.71. The van der Waals surface area contributed by atoms with Crippen molar-refractivity contribution in [3.63, 3.8) is 0 Å². The van der Waals surface area contributed by atoms with Crippen molar-refractivity contribution < 1.29 is 14.7 Å². The summed E-state index contributed by atoms with van der Waals surface area (Å²) in [4.78, 5) is 26.2. The molecule has 1 rings (SSSR count). The largest absolute Gasteiger partial charge is 0.481 e. The van der Waals surface area contributed by atoms with Crippen molar-refractivity contribution in [2.24, 2.45) is 7.05 Å². The number of nitrogens with zero attached hydrogens (tertiary/aromatic N) is 2. The number of nitrogens with one attached hydrogen (secondary N) is 1. The molecule has 0 saturated carbocycles. The number of hydrogen-bond donors (Lipinski definition) is 2. The molecule has 1 aromatic rings. The van der Waals surface area contributed by atoms with Crippen molar-refractivity contribution >= 4 is 11.9 Å². The second-order valence-electron chi connectivity index (χ2n) is 4.30. The summed E-state index contributed by atoms with van der Waals surface area (Å²) in [5.41, 5.74) is -0.383. The zero-order valence-corrected chi connectivity index (χ0v) is 9.52. The number of imidazole rings is 1. The second kappa shape index (κ2) is 4.34. The SMILES string of the molecule is Cn1cncc1C(=O)NC(C)(C)CC(=O)O. The van der Waals surface area contributed by atoms with E-state index < -0.39 is 11.5 Å². The first kappa shape index (κ1) is 12.2. The fraction of sp³-hybridized carbons (Fsp3) is 0.500. The van der Waals surface area contributed by atoms with E-state index in [1.54, 1.807) is 25.5 Å². The van der Waals surface area contributed by atoms with Crippen LogP contribution in [0.4, 0.5) is 0 Å². The average molecular weight is 225 g/mol. The van der Waals surface area contributed by atoms with Gasteiger partial charge in [0, 0.05) is 12.6 Å². The van der Waals surface area contributed by atoms with Crippen LogP contribution in [-0.4, -0.2) is 32.1 Å². The number of amides is 1. The first-order valence-corrected chi connectivity index (χ1v) is 4.82. The number of carboxylic acid groups (broad SMARTS) is 1. The molecule has 0 spiro atoms. The maximum Gasteiger partial charge on any atom is 0.305 e. The highest BCUT2D eigenvalue weighted by Crippen LogP contribution is 2.09. The van der Waals surface area contributed by atoms with E-state index in [0.717, 1.165) is 0 Å². The lowest BCUT2D eigenvalue weighted by atomic mass is 10.0. The van der Waals surface area contributed by atoms with Crippen LogP contribution >= 0.6 is 0 Å². The Bertz CT molecular complexity index is 409. The number of aromatic nitrogens is 2. The van der Waals surface area contributed by atoms with Gasteiger partial charge < -0.3 is 15.0 Å². The van der Waals surface area contributed by atoms with Crippen LogP contribution in [0.1, 0.15) is 30.8 Å². The van der Waals surface area contributed by atoms with E-state index >= 15 is 0 Å². The molecule has 0 unspecified atom stereocenters. The Morgan fingerprint density at radius 3 is 2.62 bits per heavy atom. The fourth-order valence-corrected chi connectivity index (χ4v) is 1.37. The van der Waals surface area contributed by atoms with Gasteiger partial charge in [0.05, 0.1) is 18.9 Å². The fourth-order valence-electron chi connectivity index (χ4n) is 1.37. The maximum absolute atomic E-state index is 11.8. The third-order valence-corrected chi connectivity index (χ3v) is 2.09. The van der Waals surface area contributed by atoms with Crippen molar-refractivity contribution in [1.29, 1.82) is 0 Å². The van der Waals surface area contributed by atoms with Gasteiger partial charge in [0.15, 0.2) is 0 Å². The van der Waals surface area contributed by atoms with Gasteiger partial charge in [0.2, 0.25) is 0 Å². The molecule has 1 heterocycles. The van der Waals surface area contributed by atoms with Gasteiger partial charge in [-0.3, -0.25) is 9.59 Å². The number of carboxylic acids is 1. The normalized spacial score (nSPS) is 11.2. The van der Waals surface area contributed by atoms with Crippen molar-refractivity contribution in [3.8, 4) is 0 Å². The van der Waals surface area contributed by atoms with Gasteiger partial charge in [-0.1, -0.05) is 0 Å². The summed E-state index contributed by atoms with van der Waals surface area (Å²) in [5, 5.41) is 11.3. The predicted octanol–water partition coefficient (Wildman–Crippen LogP) is 0.403. The molecule has 0 atom stereocenters. The maximum atomic E-state index is 11.8. The van der Waals surface area contributed by atoms with E-state index in [9.17, 15) is 9.59 Å². The molecule has 1 aromatic heterocycles. The molecule has 0 aromatic carbocycles. The van der Waals surface area contributed by atoms with Crippen molar-refractivity contribution in [2.45, 2.75) is 25.8 Å². The van der Waals surface area contributed by atoms with E-state index in [1.165, 1.54) is 12.5 Å². The van der Waals surface area contributed by atoms with Crippen LogP contribution in [0.15, 0.2) is 12.5 Å². The molecule has 0 fully saturated rings. The molecule has 0 saturated heterocycles. The summed E-state index contributed by atoms with van der Waals surface area (Å²) in [5.74, 6) is -1.28. The molecule has 2 N–H and O–H groups in total. The number of hydrogen-bond acceptors (Lipinski definition) is 3. The molecule has 0 radical (unpaired) electrons. The van der Waals surface area contributed by atoms with E-state index in [-0.39, 0.29) is 12.3 Å². The Kier molecular flexibility index (Phi) is 3.31. The second-order valence-corrected chi connectivity index (χ2v) is 4.30. The summed E-state index contributed by atoms with van der Waals surface area (Å²) in [6.07, 6.45) is 2.82. The van der Waals surface area contributed by atoms with Crippen molar-refractivity contribution in [1.82, 2.24) is 14.9 Å². The number of aryl methyl sites for hydroxylation is 1. The molecule has 16 heavy (non-hydrogen) atoms. The van der Waals surface area contributed by atoms with Crippen LogP contribution in [0.3, 0.4) is 0 Å². The number of carbonyl (C=O) groups is 2. The molecule has 0 aliphatic carbocycles. The molecule has 0 aliphatic heterocycles. The van der Waals surface area contributed by atoms with Gasteiger partial charge in [-0.25, -0.2) is 4.98 Å². The zero-order valence-electron chi connectivity index (χ0n) is 9.52. The van der Waals surface area contributed by atoms with E-state index in [0.29, 0.717) is 5.69 Å².